The normalized spacial score (nSPS) is 17.0. The Kier molecular flexibility index (Phi) is 4.05. The Morgan fingerprint density at radius 3 is 2.76 bits per heavy atom. The molecular formula is C13H19N3S. The van der Waals surface area contributed by atoms with Crippen molar-refractivity contribution in [3.05, 3.63) is 21.4 Å². The molecule has 1 atom stereocenters. The van der Waals surface area contributed by atoms with Crippen LogP contribution in [0.4, 0.5) is 0 Å². The van der Waals surface area contributed by atoms with Gasteiger partial charge < -0.3 is 0 Å². The lowest BCUT2D eigenvalue weighted by molar-refractivity contribution is 0.810. The van der Waals surface area contributed by atoms with Crippen molar-refractivity contribution in [3.8, 4) is 0 Å². The predicted octanol–water partition coefficient (Wildman–Crippen LogP) is 4.19. The Labute approximate surface area is 107 Å². The summed E-state index contributed by atoms with van der Waals surface area (Å²) in [5.74, 6) is 0.398. The van der Waals surface area contributed by atoms with Gasteiger partial charge in [0.15, 0.2) is 0 Å². The fraction of sp³-hybridized carbons (Fsp3) is 0.615. The van der Waals surface area contributed by atoms with E-state index in [4.69, 9.17) is 0 Å². The Bertz CT molecular complexity index is 446. The van der Waals surface area contributed by atoms with Gasteiger partial charge in [0.1, 0.15) is 0 Å². The average Bonchev–Trinajstić information content (AvgIpc) is 2.82. The summed E-state index contributed by atoms with van der Waals surface area (Å²) >= 11 is 1.93. The maximum absolute atomic E-state index is 4.20. The lowest BCUT2D eigenvalue weighted by atomic mass is 9.97. The fourth-order valence-electron chi connectivity index (χ4n) is 2.12. The van der Waals surface area contributed by atoms with Gasteiger partial charge in [0.25, 0.3) is 0 Å². The topological polar surface area (TPSA) is 37.1 Å². The summed E-state index contributed by atoms with van der Waals surface area (Å²) in [6.45, 7) is 7.47. The van der Waals surface area contributed by atoms with Crippen LogP contribution in [0, 0.1) is 0 Å². The molecule has 0 aliphatic carbocycles. The molecule has 1 aromatic heterocycles. The molecule has 3 nitrogen and oxygen atoms in total. The third-order valence-corrected chi connectivity index (χ3v) is 4.72. The van der Waals surface area contributed by atoms with Crippen molar-refractivity contribution in [2.75, 3.05) is 6.54 Å². The first kappa shape index (κ1) is 12.4. The Morgan fingerprint density at radius 2 is 2.18 bits per heavy atom. The SMILES string of the molecule is CCc1cc(CC)c(C(C)C2=NN=NCC2)s1. The van der Waals surface area contributed by atoms with Gasteiger partial charge in [0.05, 0.1) is 12.3 Å². The minimum absolute atomic E-state index is 0.398. The highest BCUT2D eigenvalue weighted by molar-refractivity contribution is 7.12. The summed E-state index contributed by atoms with van der Waals surface area (Å²) in [4.78, 5) is 2.95. The molecule has 4 heteroatoms. The van der Waals surface area contributed by atoms with Crippen molar-refractivity contribution in [1.82, 2.24) is 0 Å². The molecule has 92 valence electrons. The van der Waals surface area contributed by atoms with Crippen LogP contribution in [0.2, 0.25) is 0 Å². The fourth-order valence-corrected chi connectivity index (χ4v) is 3.40. The van der Waals surface area contributed by atoms with E-state index in [1.54, 1.807) is 0 Å². The highest BCUT2D eigenvalue weighted by Crippen LogP contribution is 2.32. The third kappa shape index (κ3) is 2.63. The summed E-state index contributed by atoms with van der Waals surface area (Å²) in [7, 11) is 0. The van der Waals surface area contributed by atoms with Crippen LogP contribution in [0.15, 0.2) is 21.5 Å². The number of thiophene rings is 1. The van der Waals surface area contributed by atoms with Crippen molar-refractivity contribution in [2.45, 2.75) is 46.0 Å². The molecule has 2 heterocycles. The second-order valence-electron chi connectivity index (χ2n) is 4.33. The summed E-state index contributed by atoms with van der Waals surface area (Å²) < 4.78 is 0. The Hall–Kier alpha value is -1.03. The first-order chi connectivity index (χ1) is 8.26. The zero-order valence-corrected chi connectivity index (χ0v) is 11.5. The van der Waals surface area contributed by atoms with Gasteiger partial charge in [-0.15, -0.1) is 16.4 Å². The lowest BCUT2D eigenvalue weighted by Crippen LogP contribution is -2.12. The molecule has 1 aromatic rings. The maximum Gasteiger partial charge on any atom is 0.0674 e. The molecule has 1 aliphatic rings. The zero-order valence-electron chi connectivity index (χ0n) is 10.7. The standard InChI is InChI=1S/C13H19N3S/c1-4-10-8-11(5-2)17-13(10)9(3)12-6-7-14-16-15-12/h8-9H,4-7H2,1-3H3. The molecule has 1 aliphatic heterocycles. The molecule has 0 fully saturated rings. The molecule has 17 heavy (non-hydrogen) atoms. The van der Waals surface area contributed by atoms with Gasteiger partial charge in [-0.25, -0.2) is 0 Å². The molecule has 0 spiro atoms. The number of aryl methyl sites for hydroxylation is 2. The molecule has 0 radical (unpaired) electrons. The van der Waals surface area contributed by atoms with Gasteiger partial charge in [0, 0.05) is 22.1 Å². The van der Waals surface area contributed by atoms with Gasteiger partial charge in [-0.2, -0.15) is 5.11 Å². The van der Waals surface area contributed by atoms with Crippen molar-refractivity contribution < 1.29 is 0 Å². The molecule has 0 amide bonds. The van der Waals surface area contributed by atoms with Crippen LogP contribution in [-0.2, 0) is 12.8 Å². The quantitative estimate of drug-likeness (QED) is 0.767. The molecule has 0 N–H and O–H groups in total. The van der Waals surface area contributed by atoms with Crippen LogP contribution in [-0.4, -0.2) is 12.3 Å². The van der Waals surface area contributed by atoms with Crippen molar-refractivity contribution in [2.24, 2.45) is 15.4 Å². The first-order valence-electron chi connectivity index (χ1n) is 6.31. The second kappa shape index (κ2) is 5.54. The largest absolute Gasteiger partial charge is 0.169 e. The van der Waals surface area contributed by atoms with Crippen molar-refractivity contribution in [3.63, 3.8) is 0 Å². The van der Waals surface area contributed by atoms with E-state index < -0.39 is 0 Å². The van der Waals surface area contributed by atoms with Gasteiger partial charge in [-0.1, -0.05) is 20.8 Å². The van der Waals surface area contributed by atoms with E-state index in [1.807, 2.05) is 11.3 Å². The van der Waals surface area contributed by atoms with Gasteiger partial charge >= 0.3 is 0 Å². The molecule has 1 unspecified atom stereocenters. The first-order valence-corrected chi connectivity index (χ1v) is 7.12. The third-order valence-electron chi connectivity index (χ3n) is 3.22. The number of nitrogens with zero attached hydrogens (tertiary/aromatic N) is 3. The minimum Gasteiger partial charge on any atom is -0.169 e. The van der Waals surface area contributed by atoms with E-state index in [9.17, 15) is 0 Å². The van der Waals surface area contributed by atoms with Crippen LogP contribution in [0.1, 0.15) is 48.4 Å². The smallest absolute Gasteiger partial charge is 0.0674 e. The summed E-state index contributed by atoms with van der Waals surface area (Å²) in [6.07, 6.45) is 3.18. The Morgan fingerprint density at radius 1 is 1.35 bits per heavy atom. The molecule has 2 rings (SSSR count). The van der Waals surface area contributed by atoms with Crippen molar-refractivity contribution >= 4 is 17.0 Å². The number of hydrogen-bond acceptors (Lipinski definition) is 4. The van der Waals surface area contributed by atoms with E-state index in [0.29, 0.717) is 5.92 Å². The monoisotopic (exact) mass is 249 g/mol. The molecule has 0 bridgehead atoms. The van der Waals surface area contributed by atoms with Crippen LogP contribution >= 0.6 is 11.3 Å². The molecule has 0 saturated heterocycles. The molecule has 0 aromatic carbocycles. The summed E-state index contributed by atoms with van der Waals surface area (Å²) in [5.41, 5.74) is 2.66. The molecule has 0 saturated carbocycles. The highest BCUT2D eigenvalue weighted by Gasteiger charge is 2.20. The van der Waals surface area contributed by atoms with Gasteiger partial charge in [-0.3, -0.25) is 0 Å². The van der Waals surface area contributed by atoms with Crippen LogP contribution in [0.5, 0.6) is 0 Å². The van der Waals surface area contributed by atoms with Gasteiger partial charge in [-0.05, 0) is 29.7 Å². The highest BCUT2D eigenvalue weighted by atomic mass is 32.1. The number of rotatable bonds is 4. The van der Waals surface area contributed by atoms with Crippen LogP contribution in [0.25, 0.3) is 0 Å². The van der Waals surface area contributed by atoms with Gasteiger partial charge in [0.2, 0.25) is 0 Å². The minimum atomic E-state index is 0.398. The van der Waals surface area contributed by atoms with E-state index >= 15 is 0 Å². The average molecular weight is 249 g/mol. The zero-order chi connectivity index (χ0) is 12.3. The van der Waals surface area contributed by atoms with Crippen LogP contribution < -0.4 is 0 Å². The molecular weight excluding hydrogens is 230 g/mol. The Balaban J connectivity index is 2.28. The van der Waals surface area contributed by atoms with E-state index in [-0.39, 0.29) is 0 Å². The summed E-state index contributed by atoms with van der Waals surface area (Å²) in [6, 6.07) is 2.35. The number of hydrogen-bond donors (Lipinski definition) is 0. The maximum atomic E-state index is 4.20. The van der Waals surface area contributed by atoms with Crippen molar-refractivity contribution in [1.29, 1.82) is 0 Å². The van der Waals surface area contributed by atoms with E-state index in [2.05, 4.69) is 42.3 Å². The predicted molar refractivity (Wildman–Crippen MR) is 73.3 cm³/mol. The van der Waals surface area contributed by atoms with E-state index in [0.717, 1.165) is 25.8 Å². The lowest BCUT2D eigenvalue weighted by Gasteiger charge is -2.14. The second-order valence-corrected chi connectivity index (χ2v) is 5.50. The van der Waals surface area contributed by atoms with Crippen LogP contribution in [0.3, 0.4) is 0 Å². The summed E-state index contributed by atoms with van der Waals surface area (Å²) in [5, 5.41) is 11.9. The van der Waals surface area contributed by atoms with E-state index in [1.165, 1.54) is 21.0 Å².